The van der Waals surface area contributed by atoms with E-state index < -0.39 is 11.0 Å². The molecule has 1 aliphatic heterocycles. The van der Waals surface area contributed by atoms with Crippen LogP contribution in [0.25, 0.3) is 0 Å². The van der Waals surface area contributed by atoms with E-state index in [0.29, 0.717) is 26.1 Å². The normalized spacial score (nSPS) is 31.4. The van der Waals surface area contributed by atoms with Gasteiger partial charge < -0.3 is 9.84 Å². The average molecular weight is 265 g/mol. The van der Waals surface area contributed by atoms with Gasteiger partial charge in [0.15, 0.2) is 0 Å². The van der Waals surface area contributed by atoms with E-state index in [1.54, 1.807) is 0 Å². The Morgan fingerprint density at radius 2 is 1.42 bits per heavy atom. The number of nitriles is 1. The molecule has 3 heteroatoms. The van der Waals surface area contributed by atoms with Crippen LogP contribution in [0.4, 0.5) is 0 Å². The van der Waals surface area contributed by atoms with Crippen molar-refractivity contribution in [3.63, 3.8) is 0 Å². The number of ether oxygens (including phenoxy) is 1. The minimum Gasteiger partial charge on any atom is -0.388 e. The minimum absolute atomic E-state index is 0.0820. The molecule has 0 radical (unpaired) electrons. The van der Waals surface area contributed by atoms with Crippen LogP contribution in [-0.4, -0.2) is 23.9 Å². The predicted molar refractivity (Wildman–Crippen MR) is 74.5 cm³/mol. The van der Waals surface area contributed by atoms with Crippen molar-refractivity contribution in [3.05, 3.63) is 0 Å². The summed E-state index contributed by atoms with van der Waals surface area (Å²) < 4.78 is 5.40. The smallest absolute Gasteiger partial charge is 0.0904 e. The molecule has 1 heterocycles. The molecule has 3 nitrogen and oxygen atoms in total. The van der Waals surface area contributed by atoms with Gasteiger partial charge in [-0.3, -0.25) is 0 Å². The fourth-order valence-electron chi connectivity index (χ4n) is 4.81. The van der Waals surface area contributed by atoms with E-state index in [9.17, 15) is 10.4 Å². The molecule has 0 spiro atoms. The van der Waals surface area contributed by atoms with Gasteiger partial charge in [0.2, 0.25) is 0 Å². The van der Waals surface area contributed by atoms with Crippen molar-refractivity contribution in [1.29, 1.82) is 5.26 Å². The first kappa shape index (κ1) is 14.8. The summed E-state index contributed by atoms with van der Waals surface area (Å²) in [5.74, 6) is 0. The lowest BCUT2D eigenvalue weighted by Gasteiger charge is -2.56. The molecule has 2 rings (SSSR count). The van der Waals surface area contributed by atoms with E-state index in [1.807, 2.05) is 0 Å². The largest absolute Gasteiger partial charge is 0.388 e. The first-order valence-electron chi connectivity index (χ1n) is 7.35. The summed E-state index contributed by atoms with van der Waals surface area (Å²) in [6.07, 6.45) is 3.85. The zero-order chi connectivity index (χ0) is 14.4. The van der Waals surface area contributed by atoms with E-state index in [-0.39, 0.29) is 10.8 Å². The van der Waals surface area contributed by atoms with Crippen LogP contribution in [0, 0.1) is 27.6 Å². The number of aliphatic hydroxyl groups is 1. The molecular formula is C16H27NO2. The van der Waals surface area contributed by atoms with Crippen molar-refractivity contribution in [1.82, 2.24) is 0 Å². The summed E-state index contributed by atoms with van der Waals surface area (Å²) in [6, 6.07) is 2.47. The van der Waals surface area contributed by atoms with Crippen LogP contribution >= 0.6 is 0 Å². The van der Waals surface area contributed by atoms with Gasteiger partial charge >= 0.3 is 0 Å². The van der Waals surface area contributed by atoms with Gasteiger partial charge in [0.05, 0.1) is 17.1 Å². The molecule has 0 bridgehead atoms. The lowest BCUT2D eigenvalue weighted by atomic mass is 9.51. The quantitative estimate of drug-likeness (QED) is 0.791. The number of rotatable bonds is 1. The van der Waals surface area contributed by atoms with Crippen molar-refractivity contribution in [2.24, 2.45) is 16.2 Å². The Hall–Kier alpha value is -0.590. The highest BCUT2D eigenvalue weighted by Gasteiger charge is 2.58. The van der Waals surface area contributed by atoms with Crippen molar-refractivity contribution in [3.8, 4) is 6.07 Å². The molecule has 1 aliphatic carbocycles. The summed E-state index contributed by atoms with van der Waals surface area (Å²) >= 11 is 0. The van der Waals surface area contributed by atoms with Gasteiger partial charge in [0.1, 0.15) is 0 Å². The fraction of sp³-hybridized carbons (Fsp3) is 0.938. The summed E-state index contributed by atoms with van der Waals surface area (Å²) in [7, 11) is 0. The topological polar surface area (TPSA) is 53.2 Å². The highest BCUT2D eigenvalue weighted by atomic mass is 16.5. The summed E-state index contributed by atoms with van der Waals surface area (Å²) in [5, 5.41) is 21.1. The molecule has 1 saturated heterocycles. The monoisotopic (exact) mass is 265 g/mol. The Labute approximate surface area is 117 Å². The number of hydrogen-bond donors (Lipinski definition) is 1. The van der Waals surface area contributed by atoms with Gasteiger partial charge in [-0.2, -0.15) is 5.26 Å². The first-order valence-corrected chi connectivity index (χ1v) is 7.35. The summed E-state index contributed by atoms with van der Waals surface area (Å²) in [4.78, 5) is 0. The maximum atomic E-state index is 11.3. The highest BCUT2D eigenvalue weighted by Crippen LogP contribution is 2.57. The van der Waals surface area contributed by atoms with Crippen LogP contribution in [0.1, 0.15) is 59.8 Å². The van der Waals surface area contributed by atoms with Gasteiger partial charge in [-0.1, -0.05) is 27.7 Å². The Morgan fingerprint density at radius 1 is 0.947 bits per heavy atom. The van der Waals surface area contributed by atoms with Crippen LogP contribution in [-0.2, 0) is 4.74 Å². The third kappa shape index (κ3) is 2.66. The molecule has 1 N–H and O–H groups in total. The van der Waals surface area contributed by atoms with Crippen molar-refractivity contribution < 1.29 is 9.84 Å². The Kier molecular flexibility index (Phi) is 3.48. The highest BCUT2D eigenvalue weighted by molar-refractivity contribution is 5.16. The van der Waals surface area contributed by atoms with Crippen molar-refractivity contribution >= 4 is 0 Å². The lowest BCUT2D eigenvalue weighted by molar-refractivity contribution is -0.169. The van der Waals surface area contributed by atoms with Crippen LogP contribution in [0.5, 0.6) is 0 Å². The standard InChI is InChI=1S/C16H27NO2/c1-13(2)9-14(3,4)11-16(18,10-13)15(12-17)5-7-19-8-6-15/h18H,5-11H2,1-4H3. The average Bonchev–Trinajstić information content (AvgIpc) is 2.25. The molecule has 0 atom stereocenters. The molecule has 2 aliphatic rings. The second-order valence-electron chi connectivity index (χ2n) is 8.20. The van der Waals surface area contributed by atoms with E-state index in [0.717, 1.165) is 19.3 Å². The maximum absolute atomic E-state index is 11.3. The van der Waals surface area contributed by atoms with Gasteiger partial charge in [-0.25, -0.2) is 0 Å². The Bertz CT molecular complexity index is 370. The SMILES string of the molecule is CC1(C)CC(C)(C)CC(O)(C2(C#N)CCOCC2)C1. The van der Waals surface area contributed by atoms with E-state index >= 15 is 0 Å². The number of hydrogen-bond acceptors (Lipinski definition) is 3. The molecule has 0 amide bonds. The zero-order valence-electron chi connectivity index (χ0n) is 12.8. The van der Waals surface area contributed by atoms with Crippen molar-refractivity contribution in [2.45, 2.75) is 65.4 Å². The molecule has 0 aromatic heterocycles. The molecular weight excluding hydrogens is 238 g/mol. The van der Waals surface area contributed by atoms with Crippen LogP contribution in [0.15, 0.2) is 0 Å². The van der Waals surface area contributed by atoms with E-state index in [2.05, 4.69) is 33.8 Å². The number of nitrogens with zero attached hydrogens (tertiary/aromatic N) is 1. The second-order valence-corrected chi connectivity index (χ2v) is 8.20. The predicted octanol–water partition coefficient (Wildman–Crippen LogP) is 3.27. The van der Waals surface area contributed by atoms with Crippen LogP contribution in [0.2, 0.25) is 0 Å². The summed E-state index contributed by atoms with van der Waals surface area (Å²) in [6.45, 7) is 10.0. The molecule has 2 fully saturated rings. The van der Waals surface area contributed by atoms with Crippen molar-refractivity contribution in [2.75, 3.05) is 13.2 Å². The first-order chi connectivity index (χ1) is 8.64. The second kappa shape index (κ2) is 4.46. The molecule has 0 unspecified atom stereocenters. The van der Waals surface area contributed by atoms with Gasteiger partial charge in [-0.15, -0.1) is 0 Å². The third-order valence-electron chi connectivity index (χ3n) is 4.95. The molecule has 108 valence electrons. The van der Waals surface area contributed by atoms with Crippen LogP contribution in [0.3, 0.4) is 0 Å². The third-order valence-corrected chi connectivity index (χ3v) is 4.95. The van der Waals surface area contributed by atoms with E-state index in [4.69, 9.17) is 4.74 Å². The fourth-order valence-corrected chi connectivity index (χ4v) is 4.81. The molecule has 0 aromatic rings. The summed E-state index contributed by atoms with van der Waals surface area (Å²) in [5.41, 5.74) is -1.34. The molecule has 0 aromatic carbocycles. The minimum atomic E-state index is -0.878. The van der Waals surface area contributed by atoms with E-state index in [1.165, 1.54) is 0 Å². The zero-order valence-corrected chi connectivity index (χ0v) is 12.8. The van der Waals surface area contributed by atoms with Crippen LogP contribution < -0.4 is 0 Å². The lowest BCUT2D eigenvalue weighted by Crippen LogP contribution is -2.57. The molecule has 19 heavy (non-hydrogen) atoms. The molecule has 1 saturated carbocycles. The Morgan fingerprint density at radius 3 is 1.84 bits per heavy atom. The maximum Gasteiger partial charge on any atom is 0.0904 e. The van der Waals surface area contributed by atoms with Gasteiger partial charge in [-0.05, 0) is 42.9 Å². The Balaban J connectivity index is 2.37. The van der Waals surface area contributed by atoms with Gasteiger partial charge in [0, 0.05) is 13.2 Å². The van der Waals surface area contributed by atoms with Gasteiger partial charge in [0.25, 0.3) is 0 Å².